The topological polar surface area (TPSA) is 26.3 Å². The number of hydrogen-bond donors (Lipinski definition) is 0. The number of fused-ring (bicyclic) bond motifs is 1. The normalized spacial score (nSPS) is 14.6. The lowest BCUT2D eigenvalue weighted by molar-refractivity contribution is 0.0966. The summed E-state index contributed by atoms with van der Waals surface area (Å²) < 4.78 is 5.47. The summed E-state index contributed by atoms with van der Waals surface area (Å²) in [6.45, 7) is 2.68. The number of carbonyl (C=O) groups is 1. The molecule has 2 aromatic rings. The summed E-state index contributed by atoms with van der Waals surface area (Å²) in [5.74, 6) is 0.978. The van der Waals surface area contributed by atoms with Crippen LogP contribution in [0.15, 0.2) is 48.5 Å². The molecule has 0 saturated heterocycles. The predicted molar refractivity (Wildman–Crippen MR) is 74.8 cm³/mol. The minimum Gasteiger partial charge on any atom is -0.493 e. The Labute approximate surface area is 113 Å². The molecule has 19 heavy (non-hydrogen) atoms. The lowest BCUT2D eigenvalue weighted by Gasteiger charge is -2.11. The molecule has 0 bridgehead atoms. The second-order valence-corrected chi connectivity index (χ2v) is 4.92. The molecule has 1 atom stereocenters. The van der Waals surface area contributed by atoms with Gasteiger partial charge in [-0.3, -0.25) is 4.79 Å². The molecule has 0 amide bonds. The van der Waals surface area contributed by atoms with Gasteiger partial charge < -0.3 is 4.74 Å². The molecule has 0 spiro atoms. The first kappa shape index (κ1) is 12.0. The van der Waals surface area contributed by atoms with Crippen LogP contribution in [0.3, 0.4) is 0 Å². The van der Waals surface area contributed by atoms with Crippen LogP contribution >= 0.6 is 0 Å². The van der Waals surface area contributed by atoms with Gasteiger partial charge in [0.05, 0.1) is 6.61 Å². The largest absolute Gasteiger partial charge is 0.493 e. The first-order chi connectivity index (χ1) is 9.25. The van der Waals surface area contributed by atoms with Crippen LogP contribution in [0.25, 0.3) is 0 Å². The number of benzene rings is 2. The summed E-state index contributed by atoms with van der Waals surface area (Å²) in [5, 5.41) is 0. The Balaban J connectivity index is 1.88. The third-order valence-corrected chi connectivity index (χ3v) is 3.67. The summed E-state index contributed by atoms with van der Waals surface area (Å²) in [6, 6.07) is 15.7. The van der Waals surface area contributed by atoms with Crippen molar-refractivity contribution in [2.75, 3.05) is 6.61 Å². The van der Waals surface area contributed by atoms with Crippen molar-refractivity contribution in [3.05, 3.63) is 65.2 Å². The molecule has 0 saturated carbocycles. The van der Waals surface area contributed by atoms with Crippen LogP contribution in [0.1, 0.15) is 34.3 Å². The molecular weight excluding hydrogens is 236 g/mol. The molecule has 1 heterocycles. The van der Waals surface area contributed by atoms with Gasteiger partial charge >= 0.3 is 0 Å². The van der Waals surface area contributed by atoms with Gasteiger partial charge in [0.25, 0.3) is 0 Å². The highest BCUT2D eigenvalue weighted by Gasteiger charge is 2.19. The van der Waals surface area contributed by atoms with Crippen molar-refractivity contribution in [1.82, 2.24) is 0 Å². The van der Waals surface area contributed by atoms with Crippen LogP contribution in [0.5, 0.6) is 5.75 Å². The van der Waals surface area contributed by atoms with Crippen molar-refractivity contribution in [2.24, 2.45) is 0 Å². The van der Waals surface area contributed by atoms with Crippen LogP contribution in [0, 0.1) is 0 Å². The van der Waals surface area contributed by atoms with Gasteiger partial charge in [-0.1, -0.05) is 37.3 Å². The molecular formula is C17H16O2. The van der Waals surface area contributed by atoms with E-state index in [1.54, 1.807) is 0 Å². The lowest BCUT2D eigenvalue weighted by atomic mass is 9.91. The van der Waals surface area contributed by atoms with Gasteiger partial charge in [-0.05, 0) is 29.3 Å². The van der Waals surface area contributed by atoms with Gasteiger partial charge in [0.15, 0.2) is 5.78 Å². The van der Waals surface area contributed by atoms with E-state index in [0.29, 0.717) is 0 Å². The van der Waals surface area contributed by atoms with E-state index >= 15 is 0 Å². The van der Waals surface area contributed by atoms with Crippen LogP contribution in [0.4, 0.5) is 0 Å². The van der Waals surface area contributed by atoms with Gasteiger partial charge in [0.2, 0.25) is 0 Å². The fraction of sp³-hybridized carbons (Fsp3) is 0.235. The number of carbonyl (C=O) groups excluding carboxylic acids is 1. The van der Waals surface area contributed by atoms with E-state index in [2.05, 4.69) is 0 Å². The maximum absolute atomic E-state index is 12.5. The second kappa shape index (κ2) is 4.88. The van der Waals surface area contributed by atoms with Gasteiger partial charge in [-0.25, -0.2) is 0 Å². The molecule has 3 rings (SSSR count). The summed E-state index contributed by atoms with van der Waals surface area (Å²) >= 11 is 0. The molecule has 96 valence electrons. The molecule has 2 heteroatoms. The minimum atomic E-state index is -0.110. The van der Waals surface area contributed by atoms with E-state index in [9.17, 15) is 4.79 Å². The fourth-order valence-corrected chi connectivity index (χ4v) is 2.48. The van der Waals surface area contributed by atoms with Crippen molar-refractivity contribution in [1.29, 1.82) is 0 Å². The van der Waals surface area contributed by atoms with Crippen LogP contribution in [-0.4, -0.2) is 12.4 Å². The molecule has 0 aromatic heterocycles. The molecule has 2 nitrogen and oxygen atoms in total. The molecule has 2 aromatic carbocycles. The SMILES string of the molecule is CC(C(=O)c1ccc2c(c1)CCO2)c1ccccc1. The number of ketones is 1. The first-order valence-corrected chi connectivity index (χ1v) is 6.60. The van der Waals surface area contributed by atoms with Crippen LogP contribution in [0.2, 0.25) is 0 Å². The zero-order chi connectivity index (χ0) is 13.2. The monoisotopic (exact) mass is 252 g/mol. The highest BCUT2D eigenvalue weighted by molar-refractivity contribution is 6.01. The van der Waals surface area contributed by atoms with E-state index in [4.69, 9.17) is 4.74 Å². The van der Waals surface area contributed by atoms with E-state index in [1.807, 2.05) is 55.5 Å². The lowest BCUT2D eigenvalue weighted by Crippen LogP contribution is -2.09. The molecule has 0 radical (unpaired) electrons. The maximum atomic E-state index is 12.5. The van der Waals surface area contributed by atoms with Crippen LogP contribution < -0.4 is 4.74 Å². The van der Waals surface area contributed by atoms with Gasteiger partial charge in [-0.2, -0.15) is 0 Å². The highest BCUT2D eigenvalue weighted by atomic mass is 16.5. The van der Waals surface area contributed by atoms with Gasteiger partial charge in [0, 0.05) is 17.9 Å². The zero-order valence-electron chi connectivity index (χ0n) is 10.9. The minimum absolute atomic E-state index is 0.110. The van der Waals surface area contributed by atoms with E-state index in [1.165, 1.54) is 0 Å². The molecule has 1 unspecified atom stereocenters. The van der Waals surface area contributed by atoms with Crippen molar-refractivity contribution < 1.29 is 9.53 Å². The first-order valence-electron chi connectivity index (χ1n) is 6.60. The Bertz CT molecular complexity index is 602. The second-order valence-electron chi connectivity index (χ2n) is 4.92. The number of ether oxygens (including phenoxy) is 1. The standard InChI is InChI=1S/C17H16O2/c1-12(13-5-3-2-4-6-13)17(18)15-7-8-16-14(11-15)9-10-19-16/h2-8,11-12H,9-10H2,1H3. The maximum Gasteiger partial charge on any atom is 0.170 e. The molecule has 0 aliphatic carbocycles. The summed E-state index contributed by atoms with van der Waals surface area (Å²) in [7, 11) is 0. The summed E-state index contributed by atoms with van der Waals surface area (Å²) in [5.41, 5.74) is 2.98. The zero-order valence-corrected chi connectivity index (χ0v) is 10.9. The van der Waals surface area contributed by atoms with E-state index < -0.39 is 0 Å². The van der Waals surface area contributed by atoms with Crippen LogP contribution in [-0.2, 0) is 6.42 Å². The average Bonchev–Trinajstić information content (AvgIpc) is 2.94. The molecule has 1 aliphatic rings. The Kier molecular flexibility index (Phi) is 3.08. The third kappa shape index (κ3) is 2.26. The fourth-order valence-electron chi connectivity index (χ4n) is 2.48. The third-order valence-electron chi connectivity index (χ3n) is 3.67. The Hall–Kier alpha value is -2.09. The molecule has 1 aliphatic heterocycles. The summed E-state index contributed by atoms with van der Waals surface area (Å²) in [6.07, 6.45) is 0.899. The quantitative estimate of drug-likeness (QED) is 0.780. The smallest absolute Gasteiger partial charge is 0.170 e. The van der Waals surface area contributed by atoms with Gasteiger partial charge in [0.1, 0.15) is 5.75 Å². The average molecular weight is 252 g/mol. The van der Waals surface area contributed by atoms with E-state index in [-0.39, 0.29) is 11.7 Å². The Morgan fingerprint density at radius 2 is 1.95 bits per heavy atom. The van der Waals surface area contributed by atoms with Crippen molar-refractivity contribution in [3.8, 4) is 5.75 Å². The number of Topliss-reactive ketones (excluding diaryl/α,β-unsaturated/α-hetero) is 1. The van der Waals surface area contributed by atoms with Crippen molar-refractivity contribution in [3.63, 3.8) is 0 Å². The van der Waals surface area contributed by atoms with E-state index in [0.717, 1.165) is 35.5 Å². The number of hydrogen-bond acceptors (Lipinski definition) is 2. The Morgan fingerprint density at radius 1 is 1.16 bits per heavy atom. The molecule has 0 fully saturated rings. The summed E-state index contributed by atoms with van der Waals surface area (Å²) in [4.78, 5) is 12.5. The number of rotatable bonds is 3. The molecule has 0 N–H and O–H groups in total. The highest BCUT2D eigenvalue weighted by Crippen LogP contribution is 2.28. The van der Waals surface area contributed by atoms with Crippen molar-refractivity contribution in [2.45, 2.75) is 19.3 Å². The Morgan fingerprint density at radius 3 is 2.74 bits per heavy atom. The van der Waals surface area contributed by atoms with Crippen molar-refractivity contribution >= 4 is 5.78 Å². The van der Waals surface area contributed by atoms with Gasteiger partial charge in [-0.15, -0.1) is 0 Å². The predicted octanol–water partition coefficient (Wildman–Crippen LogP) is 3.61.